The highest BCUT2D eigenvalue weighted by Crippen LogP contribution is 2.45. The van der Waals surface area contributed by atoms with E-state index in [0.717, 1.165) is 19.8 Å². The van der Waals surface area contributed by atoms with Crippen molar-refractivity contribution in [1.29, 1.82) is 0 Å². The summed E-state index contributed by atoms with van der Waals surface area (Å²) in [7, 11) is 0. The lowest BCUT2D eigenvalue weighted by Crippen LogP contribution is -2.23. The first-order valence-electron chi connectivity index (χ1n) is 4.71. The lowest BCUT2D eigenvalue weighted by Gasteiger charge is -2.15. The number of ether oxygens (including phenoxy) is 3. The summed E-state index contributed by atoms with van der Waals surface area (Å²) in [6, 6.07) is 0. The Balaban J connectivity index is 1.85. The molecule has 3 heterocycles. The van der Waals surface area contributed by atoms with E-state index < -0.39 is 0 Å². The summed E-state index contributed by atoms with van der Waals surface area (Å²) in [5.41, 5.74) is 0. The third kappa shape index (κ3) is 0.817. The van der Waals surface area contributed by atoms with Gasteiger partial charge in [0.15, 0.2) is 6.29 Å². The Kier molecular flexibility index (Phi) is 1.48. The molecule has 3 fully saturated rings. The Labute approximate surface area is 72.0 Å². The van der Waals surface area contributed by atoms with E-state index in [9.17, 15) is 0 Å². The highest BCUT2D eigenvalue weighted by molar-refractivity contribution is 4.94. The monoisotopic (exact) mass is 170 g/mol. The van der Waals surface area contributed by atoms with E-state index >= 15 is 0 Å². The number of rotatable bonds is 0. The molecule has 0 bridgehead atoms. The summed E-state index contributed by atoms with van der Waals surface area (Å²) in [6.45, 7) is 4.75. The van der Waals surface area contributed by atoms with Crippen molar-refractivity contribution in [3.63, 3.8) is 0 Å². The lowest BCUT2D eigenvalue weighted by atomic mass is 9.85. The molecule has 0 aromatic heterocycles. The summed E-state index contributed by atoms with van der Waals surface area (Å²) in [5.74, 6) is 1.84. The Morgan fingerprint density at radius 1 is 1.17 bits per heavy atom. The molecule has 0 spiro atoms. The molecule has 3 saturated heterocycles. The summed E-state index contributed by atoms with van der Waals surface area (Å²) in [5, 5.41) is 0. The van der Waals surface area contributed by atoms with Crippen LogP contribution in [0.25, 0.3) is 0 Å². The third-order valence-electron chi connectivity index (χ3n) is 3.37. The van der Waals surface area contributed by atoms with Crippen LogP contribution in [0.15, 0.2) is 0 Å². The molecule has 0 aromatic carbocycles. The van der Waals surface area contributed by atoms with Crippen molar-refractivity contribution in [1.82, 2.24) is 0 Å². The third-order valence-corrected chi connectivity index (χ3v) is 3.37. The minimum absolute atomic E-state index is 0.0823. The molecule has 0 aromatic rings. The largest absolute Gasteiger partial charge is 0.378 e. The van der Waals surface area contributed by atoms with Gasteiger partial charge in [-0.05, 0) is 5.92 Å². The summed E-state index contributed by atoms with van der Waals surface area (Å²) < 4.78 is 16.7. The van der Waals surface area contributed by atoms with Crippen LogP contribution in [0.3, 0.4) is 0 Å². The van der Waals surface area contributed by atoms with Crippen LogP contribution in [0.5, 0.6) is 0 Å². The minimum atomic E-state index is 0.0823. The second-order valence-corrected chi connectivity index (χ2v) is 4.13. The van der Waals surface area contributed by atoms with Crippen molar-refractivity contribution in [3.8, 4) is 0 Å². The molecule has 12 heavy (non-hydrogen) atoms. The lowest BCUT2D eigenvalue weighted by molar-refractivity contribution is -0.123. The molecule has 0 radical (unpaired) electrons. The Morgan fingerprint density at radius 2 is 2.08 bits per heavy atom. The highest BCUT2D eigenvalue weighted by Gasteiger charge is 2.53. The molecule has 0 unspecified atom stereocenters. The normalized spacial score (nSPS) is 57.2. The number of fused-ring (bicyclic) bond motifs is 3. The first-order valence-corrected chi connectivity index (χ1v) is 4.71. The summed E-state index contributed by atoms with van der Waals surface area (Å²) in [4.78, 5) is 0. The van der Waals surface area contributed by atoms with Crippen molar-refractivity contribution in [2.24, 2.45) is 17.8 Å². The zero-order chi connectivity index (χ0) is 8.13. The van der Waals surface area contributed by atoms with Gasteiger partial charge in [0.05, 0.1) is 25.9 Å². The predicted molar refractivity (Wildman–Crippen MR) is 41.6 cm³/mol. The smallest absolute Gasteiger partial charge is 0.161 e. The first kappa shape index (κ1) is 7.30. The molecule has 3 nitrogen and oxygen atoms in total. The molecule has 0 aliphatic carbocycles. The Hall–Kier alpha value is -0.120. The molecule has 3 heteroatoms. The van der Waals surface area contributed by atoms with Crippen LogP contribution in [0, 0.1) is 17.8 Å². The van der Waals surface area contributed by atoms with Crippen LogP contribution in [-0.2, 0) is 14.2 Å². The fourth-order valence-corrected chi connectivity index (χ4v) is 2.71. The van der Waals surface area contributed by atoms with E-state index in [2.05, 4.69) is 6.92 Å². The van der Waals surface area contributed by atoms with Crippen LogP contribution in [0.2, 0.25) is 0 Å². The summed E-state index contributed by atoms with van der Waals surface area (Å²) >= 11 is 0. The topological polar surface area (TPSA) is 27.7 Å². The van der Waals surface area contributed by atoms with Gasteiger partial charge in [0.25, 0.3) is 0 Å². The van der Waals surface area contributed by atoms with Crippen LogP contribution in [0.1, 0.15) is 6.92 Å². The van der Waals surface area contributed by atoms with Crippen LogP contribution >= 0.6 is 0 Å². The molecule has 68 valence electrons. The summed E-state index contributed by atoms with van der Waals surface area (Å²) in [6.07, 6.45) is 0.404. The first-order chi connectivity index (χ1) is 5.86. The minimum Gasteiger partial charge on any atom is -0.378 e. The maximum Gasteiger partial charge on any atom is 0.161 e. The van der Waals surface area contributed by atoms with Crippen molar-refractivity contribution < 1.29 is 14.2 Å². The molecule has 0 saturated carbocycles. The van der Waals surface area contributed by atoms with E-state index in [1.165, 1.54) is 0 Å². The van der Waals surface area contributed by atoms with Gasteiger partial charge in [-0.3, -0.25) is 0 Å². The highest BCUT2D eigenvalue weighted by atomic mass is 16.7. The maximum absolute atomic E-state index is 5.73. The Morgan fingerprint density at radius 3 is 3.00 bits per heavy atom. The fraction of sp³-hybridized carbons (Fsp3) is 1.00. The van der Waals surface area contributed by atoms with E-state index in [1.54, 1.807) is 0 Å². The van der Waals surface area contributed by atoms with Crippen LogP contribution < -0.4 is 0 Å². The molecular formula is C9H14O3. The van der Waals surface area contributed by atoms with Gasteiger partial charge in [-0.2, -0.15) is 0 Å². The van der Waals surface area contributed by atoms with E-state index in [4.69, 9.17) is 14.2 Å². The van der Waals surface area contributed by atoms with E-state index in [1.807, 2.05) is 0 Å². The van der Waals surface area contributed by atoms with Gasteiger partial charge in [0.2, 0.25) is 0 Å². The molecule has 0 N–H and O–H groups in total. The van der Waals surface area contributed by atoms with Crippen LogP contribution in [-0.4, -0.2) is 32.2 Å². The van der Waals surface area contributed by atoms with Gasteiger partial charge >= 0.3 is 0 Å². The quantitative estimate of drug-likeness (QED) is 0.534. The number of hydrogen-bond acceptors (Lipinski definition) is 3. The molecule has 5 atom stereocenters. The van der Waals surface area contributed by atoms with E-state index in [0.29, 0.717) is 23.9 Å². The van der Waals surface area contributed by atoms with Crippen molar-refractivity contribution in [2.45, 2.75) is 19.3 Å². The predicted octanol–water partition coefficient (Wildman–Crippen LogP) is 0.640. The molecular weight excluding hydrogens is 156 g/mol. The second kappa shape index (κ2) is 2.44. The maximum atomic E-state index is 5.73. The van der Waals surface area contributed by atoms with Crippen LogP contribution in [0.4, 0.5) is 0 Å². The average Bonchev–Trinajstić information content (AvgIpc) is 2.61. The zero-order valence-corrected chi connectivity index (χ0v) is 7.23. The zero-order valence-electron chi connectivity index (χ0n) is 7.23. The molecule has 3 rings (SSSR count). The van der Waals surface area contributed by atoms with Gasteiger partial charge in [-0.15, -0.1) is 0 Å². The standard InChI is InChI=1S/C9H14O3/c1-5-2-11-9-8(5)6-3-10-4-7(6)12-9/h5-9H,2-4H2,1H3/t5-,6-,7+,8+,9-/m0/s1. The molecule has 3 aliphatic heterocycles. The van der Waals surface area contributed by atoms with E-state index in [-0.39, 0.29) is 6.29 Å². The van der Waals surface area contributed by atoms with Gasteiger partial charge in [-0.25, -0.2) is 0 Å². The van der Waals surface area contributed by atoms with Crippen molar-refractivity contribution >= 4 is 0 Å². The fourth-order valence-electron chi connectivity index (χ4n) is 2.71. The number of hydrogen-bond donors (Lipinski definition) is 0. The van der Waals surface area contributed by atoms with Gasteiger partial charge in [-0.1, -0.05) is 6.92 Å². The van der Waals surface area contributed by atoms with Gasteiger partial charge < -0.3 is 14.2 Å². The second-order valence-electron chi connectivity index (χ2n) is 4.13. The molecule has 3 aliphatic rings. The Bertz CT molecular complexity index is 194. The van der Waals surface area contributed by atoms with Gasteiger partial charge in [0, 0.05) is 11.8 Å². The van der Waals surface area contributed by atoms with Crippen molar-refractivity contribution in [3.05, 3.63) is 0 Å². The van der Waals surface area contributed by atoms with Gasteiger partial charge in [0.1, 0.15) is 0 Å². The average molecular weight is 170 g/mol. The SMILES string of the molecule is C[C@H]1CO[C@H]2O[C@@H]3COC[C@@H]3[C@H]21. The molecule has 0 amide bonds. The van der Waals surface area contributed by atoms with Crippen molar-refractivity contribution in [2.75, 3.05) is 19.8 Å².